The smallest absolute Gasteiger partial charge is 0.321 e. The highest BCUT2D eigenvalue weighted by Gasteiger charge is 2.09. The van der Waals surface area contributed by atoms with E-state index in [2.05, 4.69) is 0 Å². The first-order chi connectivity index (χ1) is 9.19. The molecule has 96 valence electrons. The fraction of sp³-hybridized carbons (Fsp3) is 0.154. The van der Waals surface area contributed by atoms with Crippen molar-refractivity contribution in [1.82, 2.24) is 9.13 Å². The van der Waals surface area contributed by atoms with Gasteiger partial charge in [0.05, 0.1) is 18.9 Å². The van der Waals surface area contributed by atoms with E-state index < -0.39 is 11.1 Å². The van der Waals surface area contributed by atoms with Crippen LogP contribution in [0, 0.1) is 11.3 Å². The van der Waals surface area contributed by atoms with Gasteiger partial charge in [-0.2, -0.15) is 5.26 Å². The molecule has 6 heteroatoms. The van der Waals surface area contributed by atoms with Crippen molar-refractivity contribution in [1.29, 1.82) is 5.26 Å². The Hall–Kier alpha value is -2.81. The lowest BCUT2D eigenvalue weighted by molar-refractivity contribution is 0.412. The maximum absolute atomic E-state index is 12.0. The van der Waals surface area contributed by atoms with E-state index in [0.717, 1.165) is 4.57 Å². The van der Waals surface area contributed by atoms with Crippen molar-refractivity contribution < 1.29 is 4.74 Å². The molecule has 0 fully saturated rings. The minimum atomic E-state index is -0.741. The minimum Gasteiger partial charge on any atom is -0.495 e. The lowest BCUT2D eigenvalue weighted by atomic mass is 10.3. The number of hydrogen-bond donors (Lipinski definition) is 0. The molecular formula is C13H11N3O3. The largest absolute Gasteiger partial charge is 0.495 e. The number of nitriles is 1. The molecule has 0 spiro atoms. The molecule has 0 saturated heterocycles. The van der Waals surface area contributed by atoms with Gasteiger partial charge in [-0.05, 0) is 12.1 Å². The van der Waals surface area contributed by atoms with Crippen LogP contribution < -0.4 is 15.9 Å². The minimum absolute atomic E-state index is 0.152. The van der Waals surface area contributed by atoms with Gasteiger partial charge in [-0.1, -0.05) is 12.1 Å². The summed E-state index contributed by atoms with van der Waals surface area (Å²) >= 11 is 0. The lowest BCUT2D eigenvalue weighted by Crippen LogP contribution is -2.39. The van der Waals surface area contributed by atoms with Gasteiger partial charge in [-0.3, -0.25) is 18.7 Å². The fourth-order valence-electron chi connectivity index (χ4n) is 1.73. The molecule has 0 aliphatic rings. The Balaban J connectivity index is 2.66. The summed E-state index contributed by atoms with van der Waals surface area (Å²) in [5, 5.41) is 8.56. The van der Waals surface area contributed by atoms with Gasteiger partial charge >= 0.3 is 11.1 Å². The molecule has 0 unspecified atom stereocenters. The van der Waals surface area contributed by atoms with Crippen LogP contribution in [0.4, 0.5) is 0 Å². The maximum atomic E-state index is 12.0. The Morgan fingerprint density at radius 2 is 1.95 bits per heavy atom. The zero-order chi connectivity index (χ0) is 13.8. The Morgan fingerprint density at radius 3 is 2.63 bits per heavy atom. The standard InChI is InChI=1S/C13H11N3O3/c1-19-11-5-3-2-4-10(11)16-9-8-15(7-6-14)12(17)13(16)18/h2-5,8-9H,7H2,1H3. The second-order valence-electron chi connectivity index (χ2n) is 3.74. The SMILES string of the molecule is COc1ccccc1-n1ccn(CC#N)c(=O)c1=O. The average molecular weight is 257 g/mol. The highest BCUT2D eigenvalue weighted by atomic mass is 16.5. The summed E-state index contributed by atoms with van der Waals surface area (Å²) < 4.78 is 7.42. The zero-order valence-corrected chi connectivity index (χ0v) is 10.2. The second kappa shape index (κ2) is 5.23. The second-order valence-corrected chi connectivity index (χ2v) is 3.74. The first kappa shape index (κ1) is 12.6. The Morgan fingerprint density at radius 1 is 1.21 bits per heavy atom. The number of hydrogen-bond acceptors (Lipinski definition) is 4. The number of para-hydroxylation sites is 2. The Bertz CT molecular complexity index is 753. The number of ether oxygens (including phenoxy) is 1. The normalized spacial score (nSPS) is 9.89. The number of rotatable bonds is 3. The van der Waals surface area contributed by atoms with Crippen LogP contribution in [-0.2, 0) is 6.54 Å². The summed E-state index contributed by atoms with van der Waals surface area (Å²) in [5.74, 6) is 0.488. The van der Waals surface area contributed by atoms with Gasteiger partial charge in [-0.15, -0.1) is 0 Å². The molecule has 6 nitrogen and oxygen atoms in total. The van der Waals surface area contributed by atoms with E-state index in [1.165, 1.54) is 24.1 Å². The molecule has 2 aromatic rings. The van der Waals surface area contributed by atoms with Gasteiger partial charge in [0.2, 0.25) is 0 Å². The molecule has 0 N–H and O–H groups in total. The number of aromatic nitrogens is 2. The molecule has 0 bridgehead atoms. The summed E-state index contributed by atoms with van der Waals surface area (Å²) in [6, 6.07) is 8.71. The van der Waals surface area contributed by atoms with E-state index in [1.54, 1.807) is 24.3 Å². The molecule has 0 aliphatic heterocycles. The molecule has 1 aromatic heterocycles. The summed E-state index contributed by atoms with van der Waals surface area (Å²) in [6.45, 7) is -0.152. The van der Waals surface area contributed by atoms with Crippen LogP contribution in [0.1, 0.15) is 0 Å². The predicted octanol–water partition coefficient (Wildman–Crippen LogP) is 0.531. The van der Waals surface area contributed by atoms with Gasteiger partial charge in [-0.25, -0.2) is 0 Å². The third kappa shape index (κ3) is 2.26. The Labute approximate surface area is 108 Å². The molecule has 19 heavy (non-hydrogen) atoms. The summed E-state index contributed by atoms with van der Waals surface area (Å²) in [4.78, 5) is 23.8. The first-order valence-corrected chi connectivity index (χ1v) is 5.51. The fourth-order valence-corrected chi connectivity index (χ4v) is 1.73. The third-order valence-corrected chi connectivity index (χ3v) is 2.64. The van der Waals surface area contributed by atoms with Gasteiger partial charge in [0.15, 0.2) is 0 Å². The van der Waals surface area contributed by atoms with Crippen molar-refractivity contribution in [3.8, 4) is 17.5 Å². The van der Waals surface area contributed by atoms with Crippen LogP contribution >= 0.6 is 0 Å². The molecule has 2 rings (SSSR count). The van der Waals surface area contributed by atoms with Crippen LogP contribution in [-0.4, -0.2) is 16.2 Å². The van der Waals surface area contributed by atoms with Gasteiger partial charge in [0.1, 0.15) is 12.3 Å². The molecule has 1 aromatic carbocycles. The van der Waals surface area contributed by atoms with E-state index >= 15 is 0 Å². The molecule has 1 heterocycles. The quantitative estimate of drug-likeness (QED) is 0.751. The maximum Gasteiger partial charge on any atom is 0.321 e. The topological polar surface area (TPSA) is 77.0 Å². The van der Waals surface area contributed by atoms with E-state index in [-0.39, 0.29) is 6.54 Å². The highest BCUT2D eigenvalue weighted by molar-refractivity contribution is 5.46. The first-order valence-electron chi connectivity index (χ1n) is 5.51. The molecular weight excluding hydrogens is 246 g/mol. The molecule has 0 radical (unpaired) electrons. The molecule has 0 amide bonds. The van der Waals surface area contributed by atoms with Crippen LogP contribution in [0.25, 0.3) is 5.69 Å². The number of benzene rings is 1. The van der Waals surface area contributed by atoms with Crippen molar-refractivity contribution in [3.05, 3.63) is 57.4 Å². The monoisotopic (exact) mass is 257 g/mol. The number of nitrogens with zero attached hydrogens (tertiary/aromatic N) is 3. The zero-order valence-electron chi connectivity index (χ0n) is 10.2. The third-order valence-electron chi connectivity index (χ3n) is 2.64. The summed E-state index contributed by atoms with van der Waals surface area (Å²) in [7, 11) is 1.49. The van der Waals surface area contributed by atoms with Crippen LogP contribution in [0.15, 0.2) is 46.2 Å². The van der Waals surface area contributed by atoms with Gasteiger partial charge in [0, 0.05) is 12.4 Å². The predicted molar refractivity (Wildman–Crippen MR) is 68.5 cm³/mol. The van der Waals surface area contributed by atoms with Crippen molar-refractivity contribution in [2.24, 2.45) is 0 Å². The van der Waals surface area contributed by atoms with Crippen LogP contribution in [0.5, 0.6) is 5.75 Å². The van der Waals surface area contributed by atoms with Crippen molar-refractivity contribution in [3.63, 3.8) is 0 Å². The van der Waals surface area contributed by atoms with Crippen LogP contribution in [0.2, 0.25) is 0 Å². The lowest BCUT2D eigenvalue weighted by Gasteiger charge is -2.10. The number of methoxy groups -OCH3 is 1. The van der Waals surface area contributed by atoms with Gasteiger partial charge in [0.25, 0.3) is 0 Å². The van der Waals surface area contributed by atoms with Crippen molar-refractivity contribution in [2.75, 3.05) is 7.11 Å². The summed E-state index contributed by atoms with van der Waals surface area (Å²) in [5.41, 5.74) is -0.978. The van der Waals surface area contributed by atoms with Crippen molar-refractivity contribution >= 4 is 0 Å². The van der Waals surface area contributed by atoms with E-state index in [9.17, 15) is 9.59 Å². The van der Waals surface area contributed by atoms with Crippen LogP contribution in [0.3, 0.4) is 0 Å². The highest BCUT2D eigenvalue weighted by Crippen LogP contribution is 2.19. The van der Waals surface area contributed by atoms with E-state index in [1.807, 2.05) is 6.07 Å². The molecule has 0 atom stereocenters. The molecule has 0 saturated carbocycles. The van der Waals surface area contributed by atoms with E-state index in [0.29, 0.717) is 11.4 Å². The Kier molecular flexibility index (Phi) is 3.48. The van der Waals surface area contributed by atoms with Gasteiger partial charge < -0.3 is 4.74 Å². The average Bonchev–Trinajstić information content (AvgIpc) is 2.44. The summed E-state index contributed by atoms with van der Waals surface area (Å²) in [6.07, 6.45) is 2.85. The van der Waals surface area contributed by atoms with Crippen molar-refractivity contribution in [2.45, 2.75) is 6.54 Å². The van der Waals surface area contributed by atoms with E-state index in [4.69, 9.17) is 10.00 Å². The molecule has 0 aliphatic carbocycles.